The lowest BCUT2D eigenvalue weighted by Crippen LogP contribution is -2.06. The number of carboxylic acid groups (broad SMARTS) is 1. The Bertz CT molecular complexity index is 908. The molecule has 2 heterocycles. The molecule has 0 aliphatic carbocycles. The third kappa shape index (κ3) is 2.32. The highest BCUT2D eigenvalue weighted by molar-refractivity contribution is 5.89. The van der Waals surface area contributed by atoms with Crippen LogP contribution in [0.4, 0.5) is 0 Å². The van der Waals surface area contributed by atoms with Gasteiger partial charge >= 0.3 is 5.97 Å². The highest BCUT2D eigenvalue weighted by Crippen LogP contribution is 2.34. The Morgan fingerprint density at radius 3 is 2.39 bits per heavy atom. The number of methoxy groups -OCH3 is 1. The van der Waals surface area contributed by atoms with Crippen molar-refractivity contribution in [2.75, 3.05) is 7.11 Å². The van der Waals surface area contributed by atoms with E-state index in [2.05, 4.69) is 10.1 Å². The average Bonchev–Trinajstić information content (AvgIpc) is 2.82. The summed E-state index contributed by atoms with van der Waals surface area (Å²) >= 11 is 0. The molecule has 0 radical (unpaired) electrons. The summed E-state index contributed by atoms with van der Waals surface area (Å²) in [4.78, 5) is 15.6. The molecule has 23 heavy (non-hydrogen) atoms. The Hall–Kier alpha value is -2.89. The van der Waals surface area contributed by atoms with Crippen molar-refractivity contribution in [3.05, 3.63) is 46.8 Å². The molecule has 0 unspecified atom stereocenters. The SMILES string of the molecule is COc1cc(C(=O)O)nc2c(-c3c(C)cccc3C)c(C)nn12. The first-order valence-corrected chi connectivity index (χ1v) is 7.18. The lowest BCUT2D eigenvalue weighted by atomic mass is 9.96. The summed E-state index contributed by atoms with van der Waals surface area (Å²) < 4.78 is 6.82. The van der Waals surface area contributed by atoms with Crippen LogP contribution < -0.4 is 4.74 Å². The predicted molar refractivity (Wildman–Crippen MR) is 86.1 cm³/mol. The van der Waals surface area contributed by atoms with Crippen molar-refractivity contribution in [3.63, 3.8) is 0 Å². The van der Waals surface area contributed by atoms with Crippen LogP contribution >= 0.6 is 0 Å². The number of ether oxygens (including phenoxy) is 1. The van der Waals surface area contributed by atoms with E-state index in [1.54, 1.807) is 4.52 Å². The summed E-state index contributed by atoms with van der Waals surface area (Å²) in [5, 5.41) is 13.8. The quantitative estimate of drug-likeness (QED) is 0.804. The van der Waals surface area contributed by atoms with Gasteiger partial charge in [-0.05, 0) is 37.5 Å². The van der Waals surface area contributed by atoms with Gasteiger partial charge in [0.15, 0.2) is 11.3 Å². The van der Waals surface area contributed by atoms with E-state index in [0.29, 0.717) is 11.5 Å². The van der Waals surface area contributed by atoms with E-state index in [1.165, 1.54) is 13.2 Å². The fourth-order valence-electron chi connectivity index (χ4n) is 2.85. The summed E-state index contributed by atoms with van der Waals surface area (Å²) in [7, 11) is 1.48. The number of rotatable bonds is 3. The van der Waals surface area contributed by atoms with Crippen LogP contribution in [0.15, 0.2) is 24.3 Å². The topological polar surface area (TPSA) is 76.7 Å². The second-order valence-electron chi connectivity index (χ2n) is 5.45. The molecule has 0 bridgehead atoms. The molecule has 1 aromatic carbocycles. The molecule has 0 amide bonds. The summed E-state index contributed by atoms with van der Waals surface area (Å²) in [6.45, 7) is 5.92. The number of carbonyl (C=O) groups is 1. The molecule has 2 aromatic heterocycles. The minimum absolute atomic E-state index is 0.0678. The predicted octanol–water partition coefficient (Wildman–Crippen LogP) is 3.03. The maximum atomic E-state index is 11.4. The fraction of sp³-hybridized carbons (Fsp3) is 0.235. The minimum atomic E-state index is -1.10. The summed E-state index contributed by atoms with van der Waals surface area (Å²) in [6, 6.07) is 7.40. The monoisotopic (exact) mass is 311 g/mol. The zero-order valence-corrected chi connectivity index (χ0v) is 13.4. The Balaban J connectivity index is 2.44. The van der Waals surface area contributed by atoms with E-state index < -0.39 is 5.97 Å². The molecule has 3 aromatic rings. The number of aromatic carboxylic acids is 1. The van der Waals surface area contributed by atoms with E-state index >= 15 is 0 Å². The molecular formula is C17H17N3O3. The molecule has 6 nitrogen and oxygen atoms in total. The third-order valence-corrected chi connectivity index (χ3v) is 3.89. The molecule has 6 heteroatoms. The molecule has 3 rings (SSSR count). The summed E-state index contributed by atoms with van der Waals surface area (Å²) in [5.41, 5.74) is 5.22. The molecular weight excluding hydrogens is 294 g/mol. The van der Waals surface area contributed by atoms with Crippen LogP contribution in [-0.2, 0) is 0 Å². The zero-order chi connectivity index (χ0) is 16.7. The van der Waals surface area contributed by atoms with Gasteiger partial charge in [0.25, 0.3) is 0 Å². The Morgan fingerprint density at radius 2 is 1.83 bits per heavy atom. The average molecular weight is 311 g/mol. The van der Waals surface area contributed by atoms with Crippen molar-refractivity contribution >= 4 is 11.6 Å². The number of fused-ring (bicyclic) bond motifs is 1. The maximum Gasteiger partial charge on any atom is 0.354 e. The number of nitrogens with zero attached hydrogens (tertiary/aromatic N) is 3. The van der Waals surface area contributed by atoms with Crippen molar-refractivity contribution in [1.29, 1.82) is 0 Å². The van der Waals surface area contributed by atoms with Crippen LogP contribution in [0.5, 0.6) is 5.88 Å². The molecule has 118 valence electrons. The zero-order valence-electron chi connectivity index (χ0n) is 13.4. The minimum Gasteiger partial charge on any atom is -0.481 e. The van der Waals surface area contributed by atoms with Crippen molar-refractivity contribution in [2.45, 2.75) is 20.8 Å². The first-order valence-electron chi connectivity index (χ1n) is 7.18. The van der Waals surface area contributed by atoms with E-state index in [4.69, 9.17) is 4.74 Å². The standard InChI is InChI=1S/C17H17N3O3/c1-9-6-5-7-10(2)14(9)15-11(3)19-20-13(23-4)8-12(17(21)22)18-16(15)20/h5-8H,1-4H3,(H,21,22). The molecule has 0 aliphatic rings. The number of aryl methyl sites for hydroxylation is 3. The van der Waals surface area contributed by atoms with Gasteiger partial charge in [0.2, 0.25) is 5.88 Å². The van der Waals surface area contributed by atoms with Crippen LogP contribution in [0.1, 0.15) is 27.3 Å². The van der Waals surface area contributed by atoms with Crippen LogP contribution in [0.3, 0.4) is 0 Å². The number of hydrogen-bond acceptors (Lipinski definition) is 4. The summed E-state index contributed by atoms with van der Waals surface area (Å²) in [5.74, 6) is -0.759. The largest absolute Gasteiger partial charge is 0.481 e. The molecule has 0 aliphatic heterocycles. The normalized spacial score (nSPS) is 11.0. The second-order valence-corrected chi connectivity index (χ2v) is 5.45. The van der Waals surface area contributed by atoms with Gasteiger partial charge in [0.1, 0.15) is 0 Å². The number of hydrogen-bond donors (Lipinski definition) is 1. The Kier molecular flexibility index (Phi) is 3.52. The van der Waals surface area contributed by atoms with Crippen molar-refractivity contribution < 1.29 is 14.6 Å². The molecule has 0 fully saturated rings. The van der Waals surface area contributed by atoms with E-state index in [9.17, 15) is 9.90 Å². The van der Waals surface area contributed by atoms with E-state index in [1.807, 2.05) is 39.0 Å². The molecule has 0 saturated heterocycles. The first kappa shape index (κ1) is 15.0. The van der Waals surface area contributed by atoms with Crippen molar-refractivity contribution in [3.8, 4) is 17.0 Å². The number of benzene rings is 1. The fourth-order valence-corrected chi connectivity index (χ4v) is 2.85. The van der Waals surface area contributed by atoms with Gasteiger partial charge in [-0.15, -0.1) is 0 Å². The Labute approximate surface area is 133 Å². The third-order valence-electron chi connectivity index (χ3n) is 3.89. The van der Waals surface area contributed by atoms with Crippen molar-refractivity contribution in [1.82, 2.24) is 14.6 Å². The lowest BCUT2D eigenvalue weighted by Gasteiger charge is -2.10. The van der Waals surface area contributed by atoms with Gasteiger partial charge in [0.05, 0.1) is 18.4 Å². The van der Waals surface area contributed by atoms with Gasteiger partial charge in [-0.1, -0.05) is 18.2 Å². The van der Waals surface area contributed by atoms with Crippen LogP contribution in [0.2, 0.25) is 0 Å². The highest BCUT2D eigenvalue weighted by atomic mass is 16.5. The molecule has 0 spiro atoms. The van der Waals surface area contributed by atoms with Crippen molar-refractivity contribution in [2.24, 2.45) is 0 Å². The van der Waals surface area contributed by atoms with Gasteiger partial charge in [-0.25, -0.2) is 9.78 Å². The van der Waals surface area contributed by atoms with Gasteiger partial charge in [0, 0.05) is 6.07 Å². The maximum absolute atomic E-state index is 11.4. The van der Waals surface area contributed by atoms with E-state index in [-0.39, 0.29) is 5.69 Å². The Morgan fingerprint density at radius 1 is 1.17 bits per heavy atom. The van der Waals surface area contributed by atoms with Gasteiger partial charge < -0.3 is 9.84 Å². The first-order chi connectivity index (χ1) is 10.9. The van der Waals surface area contributed by atoms with Crippen LogP contribution in [0.25, 0.3) is 16.8 Å². The second kappa shape index (κ2) is 5.39. The van der Waals surface area contributed by atoms with Gasteiger partial charge in [-0.2, -0.15) is 9.61 Å². The number of aromatic nitrogens is 3. The molecule has 0 atom stereocenters. The summed E-state index contributed by atoms with van der Waals surface area (Å²) in [6.07, 6.45) is 0. The van der Waals surface area contributed by atoms with Crippen LogP contribution in [-0.4, -0.2) is 32.8 Å². The number of carboxylic acids is 1. The van der Waals surface area contributed by atoms with Crippen LogP contribution in [0, 0.1) is 20.8 Å². The van der Waals surface area contributed by atoms with E-state index in [0.717, 1.165) is 27.9 Å². The lowest BCUT2D eigenvalue weighted by molar-refractivity contribution is 0.0690. The molecule has 1 N–H and O–H groups in total. The van der Waals surface area contributed by atoms with Gasteiger partial charge in [-0.3, -0.25) is 0 Å². The highest BCUT2D eigenvalue weighted by Gasteiger charge is 2.21. The smallest absolute Gasteiger partial charge is 0.354 e. The molecule has 0 saturated carbocycles.